The molecule has 0 bridgehead atoms. The predicted octanol–water partition coefficient (Wildman–Crippen LogP) is 1.91. The Balaban J connectivity index is 2.15. The van der Waals surface area contributed by atoms with Gasteiger partial charge in [-0.05, 0) is 51.4 Å². The number of carbonyl (C=O) groups excluding carboxylic acids is 1. The largest absolute Gasteiger partial charge is 0.507 e. The van der Waals surface area contributed by atoms with E-state index in [0.717, 1.165) is 37.9 Å². The van der Waals surface area contributed by atoms with Gasteiger partial charge in [0.15, 0.2) is 0 Å². The van der Waals surface area contributed by atoms with E-state index in [1.54, 1.807) is 17.0 Å². The molecular weight excluding hydrogens is 240 g/mol. The molecule has 1 fully saturated rings. The molecule has 1 atom stereocenters. The molecule has 0 saturated carbocycles. The Morgan fingerprint density at radius 1 is 1.37 bits per heavy atom. The Morgan fingerprint density at radius 3 is 2.95 bits per heavy atom. The summed E-state index contributed by atoms with van der Waals surface area (Å²) in [6.07, 6.45) is 3.07. The Kier molecular flexibility index (Phi) is 4.43. The van der Waals surface area contributed by atoms with Crippen molar-refractivity contribution in [3.05, 3.63) is 29.3 Å². The standard InChI is InChI=1S/C15H22N2O2/c1-11-5-6-14(18)13(10-11)15(19)17(2)12-4-3-8-16-9-7-12/h5-6,10,12,16,18H,3-4,7-9H2,1-2H3. The van der Waals surface area contributed by atoms with Gasteiger partial charge in [-0.15, -0.1) is 0 Å². The van der Waals surface area contributed by atoms with E-state index in [1.807, 2.05) is 20.0 Å². The molecular formula is C15H22N2O2. The number of aryl methyl sites for hydroxylation is 1. The molecule has 1 aliphatic heterocycles. The van der Waals surface area contributed by atoms with Crippen LogP contribution in [0.3, 0.4) is 0 Å². The maximum absolute atomic E-state index is 12.5. The third kappa shape index (κ3) is 3.26. The van der Waals surface area contributed by atoms with E-state index in [2.05, 4.69) is 5.32 Å². The number of nitrogens with one attached hydrogen (secondary N) is 1. The Labute approximate surface area is 114 Å². The number of carbonyl (C=O) groups is 1. The van der Waals surface area contributed by atoms with Crippen molar-refractivity contribution in [2.45, 2.75) is 32.2 Å². The van der Waals surface area contributed by atoms with Crippen molar-refractivity contribution in [3.63, 3.8) is 0 Å². The normalized spacial score (nSPS) is 19.8. The molecule has 1 aromatic carbocycles. The summed E-state index contributed by atoms with van der Waals surface area (Å²) in [5, 5.41) is 13.2. The highest BCUT2D eigenvalue weighted by atomic mass is 16.3. The molecule has 2 rings (SSSR count). The summed E-state index contributed by atoms with van der Waals surface area (Å²) < 4.78 is 0. The fourth-order valence-corrected chi connectivity index (χ4v) is 2.56. The molecule has 1 unspecified atom stereocenters. The smallest absolute Gasteiger partial charge is 0.257 e. The van der Waals surface area contributed by atoms with Gasteiger partial charge in [0.1, 0.15) is 5.75 Å². The summed E-state index contributed by atoms with van der Waals surface area (Å²) >= 11 is 0. The third-order valence-corrected chi connectivity index (χ3v) is 3.80. The van der Waals surface area contributed by atoms with Crippen LogP contribution < -0.4 is 5.32 Å². The van der Waals surface area contributed by atoms with E-state index in [-0.39, 0.29) is 17.7 Å². The maximum atomic E-state index is 12.5. The number of amides is 1. The first-order valence-electron chi connectivity index (χ1n) is 6.87. The molecule has 1 heterocycles. The van der Waals surface area contributed by atoms with Crippen molar-refractivity contribution in [2.24, 2.45) is 0 Å². The van der Waals surface area contributed by atoms with Crippen LogP contribution in [0.25, 0.3) is 0 Å². The fraction of sp³-hybridized carbons (Fsp3) is 0.533. The van der Waals surface area contributed by atoms with E-state index >= 15 is 0 Å². The number of hydrogen-bond acceptors (Lipinski definition) is 3. The van der Waals surface area contributed by atoms with Gasteiger partial charge in [0.05, 0.1) is 5.56 Å². The van der Waals surface area contributed by atoms with Gasteiger partial charge in [0.25, 0.3) is 5.91 Å². The first kappa shape index (κ1) is 13.9. The molecule has 19 heavy (non-hydrogen) atoms. The minimum absolute atomic E-state index is 0.0641. The van der Waals surface area contributed by atoms with Crippen molar-refractivity contribution < 1.29 is 9.90 Å². The number of hydrogen-bond donors (Lipinski definition) is 2. The molecule has 1 aromatic rings. The van der Waals surface area contributed by atoms with Crippen LogP contribution in [0.4, 0.5) is 0 Å². The van der Waals surface area contributed by atoms with Crippen molar-refractivity contribution >= 4 is 5.91 Å². The van der Waals surface area contributed by atoms with E-state index in [9.17, 15) is 9.90 Å². The number of nitrogens with zero attached hydrogens (tertiary/aromatic N) is 1. The SMILES string of the molecule is Cc1ccc(O)c(C(=O)N(C)C2CCCNCC2)c1. The van der Waals surface area contributed by atoms with Crippen LogP contribution in [0.15, 0.2) is 18.2 Å². The van der Waals surface area contributed by atoms with Crippen molar-refractivity contribution in [1.29, 1.82) is 0 Å². The van der Waals surface area contributed by atoms with Gasteiger partial charge in [-0.3, -0.25) is 4.79 Å². The summed E-state index contributed by atoms with van der Waals surface area (Å²) in [5.41, 5.74) is 1.39. The quantitative estimate of drug-likeness (QED) is 0.856. The fourth-order valence-electron chi connectivity index (χ4n) is 2.56. The minimum Gasteiger partial charge on any atom is -0.507 e. The molecule has 0 radical (unpaired) electrons. The zero-order valence-corrected chi connectivity index (χ0v) is 11.6. The average Bonchev–Trinajstić information content (AvgIpc) is 2.69. The second-order valence-corrected chi connectivity index (χ2v) is 5.27. The monoisotopic (exact) mass is 262 g/mol. The number of aromatic hydroxyl groups is 1. The molecule has 2 N–H and O–H groups in total. The summed E-state index contributed by atoms with van der Waals surface area (Å²) in [6, 6.07) is 5.40. The lowest BCUT2D eigenvalue weighted by Gasteiger charge is -2.27. The van der Waals surface area contributed by atoms with Gasteiger partial charge in [0, 0.05) is 13.1 Å². The predicted molar refractivity (Wildman–Crippen MR) is 75.4 cm³/mol. The molecule has 104 valence electrons. The zero-order chi connectivity index (χ0) is 13.8. The average molecular weight is 262 g/mol. The first-order valence-corrected chi connectivity index (χ1v) is 6.87. The molecule has 1 saturated heterocycles. The second-order valence-electron chi connectivity index (χ2n) is 5.27. The van der Waals surface area contributed by atoms with Gasteiger partial charge in [0.2, 0.25) is 0 Å². The van der Waals surface area contributed by atoms with Gasteiger partial charge >= 0.3 is 0 Å². The summed E-state index contributed by atoms with van der Waals surface area (Å²) in [4.78, 5) is 14.3. The van der Waals surface area contributed by atoms with Crippen LogP contribution in [0.1, 0.15) is 35.2 Å². The molecule has 4 heteroatoms. The topological polar surface area (TPSA) is 52.6 Å². The van der Waals surface area contributed by atoms with Gasteiger partial charge in [-0.2, -0.15) is 0 Å². The van der Waals surface area contributed by atoms with Crippen LogP contribution in [-0.4, -0.2) is 42.1 Å². The van der Waals surface area contributed by atoms with Gasteiger partial charge in [-0.25, -0.2) is 0 Å². The van der Waals surface area contributed by atoms with Crippen LogP contribution in [0, 0.1) is 6.92 Å². The summed E-state index contributed by atoms with van der Waals surface area (Å²) in [6.45, 7) is 3.89. The van der Waals surface area contributed by atoms with Gasteiger partial charge in [-0.1, -0.05) is 11.6 Å². The Hall–Kier alpha value is -1.55. The highest BCUT2D eigenvalue weighted by Gasteiger charge is 2.23. The lowest BCUT2D eigenvalue weighted by molar-refractivity contribution is 0.0717. The number of benzene rings is 1. The first-order chi connectivity index (χ1) is 9.09. The zero-order valence-electron chi connectivity index (χ0n) is 11.6. The second kappa shape index (κ2) is 6.06. The van der Waals surface area contributed by atoms with Crippen molar-refractivity contribution in [3.8, 4) is 5.75 Å². The maximum Gasteiger partial charge on any atom is 0.257 e. The van der Waals surface area contributed by atoms with Crippen LogP contribution in [0.2, 0.25) is 0 Å². The lowest BCUT2D eigenvalue weighted by Crippen LogP contribution is -2.37. The molecule has 1 amide bonds. The third-order valence-electron chi connectivity index (χ3n) is 3.80. The summed E-state index contributed by atoms with van der Waals surface area (Å²) in [7, 11) is 1.83. The number of rotatable bonds is 2. The van der Waals surface area contributed by atoms with Crippen LogP contribution >= 0.6 is 0 Å². The van der Waals surface area contributed by atoms with Crippen LogP contribution in [0.5, 0.6) is 5.75 Å². The van der Waals surface area contributed by atoms with E-state index < -0.39 is 0 Å². The Bertz CT molecular complexity index is 451. The van der Waals surface area contributed by atoms with E-state index in [1.165, 1.54) is 0 Å². The molecule has 0 aromatic heterocycles. The molecule has 1 aliphatic rings. The van der Waals surface area contributed by atoms with Crippen molar-refractivity contribution in [1.82, 2.24) is 10.2 Å². The van der Waals surface area contributed by atoms with Crippen molar-refractivity contribution in [2.75, 3.05) is 20.1 Å². The summed E-state index contributed by atoms with van der Waals surface area (Å²) in [5.74, 6) is -0.0257. The molecule has 0 aliphatic carbocycles. The minimum atomic E-state index is -0.0897. The number of phenolic OH excluding ortho intramolecular Hbond substituents is 1. The highest BCUT2D eigenvalue weighted by Crippen LogP contribution is 2.22. The molecule has 0 spiro atoms. The lowest BCUT2D eigenvalue weighted by atomic mass is 10.0. The van der Waals surface area contributed by atoms with E-state index in [0.29, 0.717) is 5.56 Å². The molecule has 4 nitrogen and oxygen atoms in total. The van der Waals surface area contributed by atoms with Crippen LogP contribution in [-0.2, 0) is 0 Å². The van der Waals surface area contributed by atoms with Gasteiger partial charge < -0.3 is 15.3 Å². The number of phenols is 1. The van der Waals surface area contributed by atoms with E-state index in [4.69, 9.17) is 0 Å². The Morgan fingerprint density at radius 2 is 2.16 bits per heavy atom. The highest BCUT2D eigenvalue weighted by molar-refractivity contribution is 5.97.